The maximum absolute atomic E-state index is 13.1. The summed E-state index contributed by atoms with van der Waals surface area (Å²) in [5.41, 5.74) is 2.34. The van der Waals surface area contributed by atoms with Gasteiger partial charge in [0.2, 0.25) is 5.89 Å². The van der Waals surface area contributed by atoms with Crippen LogP contribution >= 0.6 is 0 Å². The molecule has 1 amide bonds. The number of anilines is 1. The molecule has 0 radical (unpaired) electrons. The zero-order chi connectivity index (χ0) is 20.1. The molecular formula is C23H17FN2O3. The highest BCUT2D eigenvalue weighted by Crippen LogP contribution is 2.23. The van der Waals surface area contributed by atoms with Crippen LogP contribution in [0, 0.1) is 5.82 Å². The van der Waals surface area contributed by atoms with Crippen LogP contribution in [-0.4, -0.2) is 10.9 Å². The minimum Gasteiger partial charge on any atom is -0.486 e. The number of nitrogens with one attached hydrogen (secondary N) is 1. The summed E-state index contributed by atoms with van der Waals surface area (Å²) in [5.74, 6) is 0.221. The Labute approximate surface area is 166 Å². The number of oxazole rings is 1. The molecule has 0 saturated heterocycles. The van der Waals surface area contributed by atoms with Gasteiger partial charge in [0.25, 0.3) is 5.91 Å². The summed E-state index contributed by atoms with van der Waals surface area (Å²) < 4.78 is 24.3. The van der Waals surface area contributed by atoms with Crippen molar-refractivity contribution in [2.75, 3.05) is 5.32 Å². The number of benzene rings is 3. The topological polar surface area (TPSA) is 64.4 Å². The van der Waals surface area contributed by atoms with E-state index in [1.165, 1.54) is 18.4 Å². The number of nitrogens with zero attached hydrogens (tertiary/aromatic N) is 1. The van der Waals surface area contributed by atoms with Crippen LogP contribution in [0.25, 0.3) is 11.5 Å². The summed E-state index contributed by atoms with van der Waals surface area (Å²) in [6.07, 6.45) is 1.48. The lowest BCUT2D eigenvalue weighted by Crippen LogP contribution is -2.13. The summed E-state index contributed by atoms with van der Waals surface area (Å²) in [5, 5.41) is 2.84. The number of hydrogen-bond donors (Lipinski definition) is 1. The van der Waals surface area contributed by atoms with E-state index in [-0.39, 0.29) is 18.3 Å². The van der Waals surface area contributed by atoms with Crippen LogP contribution in [0.2, 0.25) is 0 Å². The minimum absolute atomic E-state index is 0.125. The number of carbonyl (C=O) groups excluding carboxylic acids is 1. The fourth-order valence-electron chi connectivity index (χ4n) is 2.75. The minimum atomic E-state index is -0.325. The summed E-state index contributed by atoms with van der Waals surface area (Å²) >= 11 is 0. The van der Waals surface area contributed by atoms with E-state index >= 15 is 0 Å². The summed E-state index contributed by atoms with van der Waals surface area (Å²) in [6.45, 7) is 0.125. The fraction of sp³-hybridized carbons (Fsp3) is 0.0435. The zero-order valence-corrected chi connectivity index (χ0v) is 15.3. The third kappa shape index (κ3) is 4.50. The van der Waals surface area contributed by atoms with Gasteiger partial charge in [-0.2, -0.15) is 0 Å². The van der Waals surface area contributed by atoms with Gasteiger partial charge < -0.3 is 14.5 Å². The van der Waals surface area contributed by atoms with Gasteiger partial charge in [-0.3, -0.25) is 4.79 Å². The summed E-state index contributed by atoms with van der Waals surface area (Å²) in [6, 6.07) is 22.1. The van der Waals surface area contributed by atoms with E-state index in [1.54, 1.807) is 36.4 Å². The van der Waals surface area contributed by atoms with Crippen molar-refractivity contribution in [1.29, 1.82) is 0 Å². The van der Waals surface area contributed by atoms with Gasteiger partial charge in [-0.25, -0.2) is 9.37 Å². The Morgan fingerprint density at radius 3 is 2.48 bits per heavy atom. The molecule has 0 unspecified atom stereocenters. The number of carbonyl (C=O) groups is 1. The first-order valence-corrected chi connectivity index (χ1v) is 8.97. The van der Waals surface area contributed by atoms with Gasteiger partial charge in [-0.15, -0.1) is 0 Å². The standard InChI is InChI=1S/C23H17FN2O3/c24-17-12-10-16(11-13-17)23-26-19(15-29-23)14-28-21-9-5-4-8-20(21)22(27)25-18-6-2-1-3-7-18/h1-13,15H,14H2,(H,25,27). The van der Waals surface area contributed by atoms with Gasteiger partial charge in [-0.1, -0.05) is 30.3 Å². The molecule has 29 heavy (non-hydrogen) atoms. The van der Waals surface area contributed by atoms with E-state index < -0.39 is 0 Å². The van der Waals surface area contributed by atoms with Gasteiger partial charge >= 0.3 is 0 Å². The molecule has 0 fully saturated rings. The van der Waals surface area contributed by atoms with E-state index in [1.807, 2.05) is 30.3 Å². The van der Waals surface area contributed by atoms with E-state index in [4.69, 9.17) is 9.15 Å². The fourth-order valence-corrected chi connectivity index (χ4v) is 2.75. The van der Waals surface area contributed by atoms with Crippen LogP contribution < -0.4 is 10.1 Å². The number of aromatic nitrogens is 1. The van der Waals surface area contributed by atoms with Crippen molar-refractivity contribution in [1.82, 2.24) is 4.98 Å². The van der Waals surface area contributed by atoms with Crippen molar-refractivity contribution in [3.63, 3.8) is 0 Å². The maximum Gasteiger partial charge on any atom is 0.259 e. The number of hydrogen-bond acceptors (Lipinski definition) is 4. The third-order valence-electron chi connectivity index (χ3n) is 4.18. The molecule has 4 rings (SSSR count). The Bertz CT molecular complexity index is 1110. The second-order valence-electron chi connectivity index (χ2n) is 6.26. The normalized spacial score (nSPS) is 10.5. The molecule has 1 aromatic heterocycles. The SMILES string of the molecule is O=C(Nc1ccccc1)c1ccccc1OCc1coc(-c2ccc(F)cc2)n1. The highest BCUT2D eigenvalue weighted by molar-refractivity contribution is 6.06. The second-order valence-corrected chi connectivity index (χ2v) is 6.26. The molecule has 1 heterocycles. The number of ether oxygens (including phenoxy) is 1. The first-order chi connectivity index (χ1) is 14.2. The second kappa shape index (κ2) is 8.39. The van der Waals surface area contributed by atoms with Gasteiger partial charge in [0.1, 0.15) is 30.1 Å². The first kappa shape index (κ1) is 18.4. The Kier molecular flexibility index (Phi) is 5.33. The lowest BCUT2D eigenvalue weighted by Gasteiger charge is -2.10. The van der Waals surface area contributed by atoms with E-state index in [9.17, 15) is 9.18 Å². The third-order valence-corrected chi connectivity index (χ3v) is 4.18. The van der Waals surface area contributed by atoms with Crippen LogP contribution in [0.15, 0.2) is 89.5 Å². The molecule has 3 aromatic carbocycles. The van der Waals surface area contributed by atoms with E-state index in [0.29, 0.717) is 34.1 Å². The molecular weight excluding hydrogens is 371 g/mol. The van der Waals surface area contributed by atoms with Gasteiger partial charge in [0.15, 0.2) is 0 Å². The van der Waals surface area contributed by atoms with Crippen molar-refractivity contribution in [3.05, 3.63) is 102 Å². The van der Waals surface area contributed by atoms with Crippen LogP contribution in [0.4, 0.5) is 10.1 Å². The van der Waals surface area contributed by atoms with Crippen LogP contribution in [0.5, 0.6) is 5.75 Å². The van der Waals surface area contributed by atoms with Gasteiger partial charge in [-0.05, 0) is 48.5 Å². The van der Waals surface area contributed by atoms with E-state index in [2.05, 4.69) is 10.3 Å². The number of para-hydroxylation sites is 2. The average molecular weight is 388 g/mol. The average Bonchev–Trinajstić information content (AvgIpc) is 3.23. The number of halogens is 1. The zero-order valence-electron chi connectivity index (χ0n) is 15.3. The smallest absolute Gasteiger partial charge is 0.259 e. The molecule has 6 heteroatoms. The van der Waals surface area contributed by atoms with Crippen molar-refractivity contribution < 1.29 is 18.3 Å². The molecule has 0 bridgehead atoms. The first-order valence-electron chi connectivity index (χ1n) is 8.97. The predicted octanol–water partition coefficient (Wildman–Crippen LogP) is 5.31. The highest BCUT2D eigenvalue weighted by Gasteiger charge is 2.14. The molecule has 0 aliphatic heterocycles. The molecule has 1 N–H and O–H groups in total. The summed E-state index contributed by atoms with van der Waals surface area (Å²) in [7, 11) is 0. The van der Waals surface area contributed by atoms with Crippen molar-refractivity contribution >= 4 is 11.6 Å². The molecule has 0 aliphatic rings. The lowest BCUT2D eigenvalue weighted by atomic mass is 10.2. The van der Waals surface area contributed by atoms with Crippen LogP contribution in [0.3, 0.4) is 0 Å². The van der Waals surface area contributed by atoms with Gasteiger partial charge in [0, 0.05) is 11.3 Å². The van der Waals surface area contributed by atoms with Crippen molar-refractivity contribution in [3.8, 4) is 17.2 Å². The van der Waals surface area contributed by atoms with Crippen LogP contribution in [-0.2, 0) is 6.61 Å². The number of rotatable bonds is 6. The molecule has 0 atom stereocenters. The Balaban J connectivity index is 1.45. The molecule has 0 saturated carbocycles. The molecule has 0 aliphatic carbocycles. The molecule has 144 valence electrons. The Morgan fingerprint density at radius 1 is 0.966 bits per heavy atom. The maximum atomic E-state index is 13.1. The van der Waals surface area contributed by atoms with Gasteiger partial charge in [0.05, 0.1) is 5.56 Å². The molecule has 0 spiro atoms. The Hall–Kier alpha value is -3.93. The van der Waals surface area contributed by atoms with Crippen molar-refractivity contribution in [2.45, 2.75) is 6.61 Å². The predicted molar refractivity (Wildman–Crippen MR) is 107 cm³/mol. The van der Waals surface area contributed by atoms with Crippen LogP contribution in [0.1, 0.15) is 16.1 Å². The quantitative estimate of drug-likeness (QED) is 0.486. The molecule has 5 nitrogen and oxygen atoms in total. The Morgan fingerprint density at radius 2 is 1.69 bits per heavy atom. The number of amides is 1. The largest absolute Gasteiger partial charge is 0.486 e. The molecule has 4 aromatic rings. The van der Waals surface area contributed by atoms with Crippen molar-refractivity contribution in [2.24, 2.45) is 0 Å². The van der Waals surface area contributed by atoms with E-state index in [0.717, 1.165) is 0 Å². The summed E-state index contributed by atoms with van der Waals surface area (Å²) in [4.78, 5) is 17.0. The highest BCUT2D eigenvalue weighted by atomic mass is 19.1. The lowest BCUT2D eigenvalue weighted by molar-refractivity contribution is 0.102. The monoisotopic (exact) mass is 388 g/mol.